The van der Waals surface area contributed by atoms with Crippen LogP contribution in [0.2, 0.25) is 18.1 Å². The molecule has 0 bridgehead atoms. The van der Waals surface area contributed by atoms with Gasteiger partial charge in [0.15, 0.2) is 8.32 Å². The highest BCUT2D eigenvalue weighted by molar-refractivity contribution is 6.74. The van der Waals surface area contributed by atoms with Crippen LogP contribution in [0, 0.1) is 11.8 Å². The van der Waals surface area contributed by atoms with E-state index >= 15 is 0 Å². The van der Waals surface area contributed by atoms with Gasteiger partial charge < -0.3 is 14.5 Å². The summed E-state index contributed by atoms with van der Waals surface area (Å²) in [5.74, 6) is 1.43. The van der Waals surface area contributed by atoms with Crippen LogP contribution in [0.25, 0.3) is 0 Å². The fourth-order valence-electron chi connectivity index (χ4n) is 2.92. The zero-order valence-electron chi connectivity index (χ0n) is 17.8. The first kappa shape index (κ1) is 22.5. The van der Waals surface area contributed by atoms with Gasteiger partial charge in [-0.15, -0.1) is 0 Å². The van der Waals surface area contributed by atoms with Crippen molar-refractivity contribution in [2.24, 2.45) is 11.8 Å². The number of carbonyl (C=O) groups is 1. The molecule has 0 atom stereocenters. The molecule has 0 aromatic heterocycles. The van der Waals surface area contributed by atoms with Crippen molar-refractivity contribution in [2.45, 2.75) is 97.4 Å². The molecule has 4 nitrogen and oxygen atoms in total. The van der Waals surface area contributed by atoms with Crippen LogP contribution in [-0.4, -0.2) is 33.2 Å². The van der Waals surface area contributed by atoms with Crippen LogP contribution in [0.1, 0.15) is 73.6 Å². The molecule has 0 radical (unpaired) electrons. The van der Waals surface area contributed by atoms with Gasteiger partial charge in [0.2, 0.25) is 0 Å². The van der Waals surface area contributed by atoms with E-state index in [1.165, 1.54) is 25.7 Å². The van der Waals surface area contributed by atoms with E-state index in [-0.39, 0.29) is 11.1 Å². The summed E-state index contributed by atoms with van der Waals surface area (Å²) in [6.07, 6.45) is 5.76. The molecule has 1 saturated carbocycles. The van der Waals surface area contributed by atoms with Crippen LogP contribution in [0.4, 0.5) is 4.79 Å². The Morgan fingerprint density at radius 3 is 2.00 bits per heavy atom. The van der Waals surface area contributed by atoms with Crippen molar-refractivity contribution in [1.29, 1.82) is 0 Å². The molecule has 1 aliphatic rings. The van der Waals surface area contributed by atoms with Crippen molar-refractivity contribution >= 4 is 14.4 Å². The molecule has 148 valence electrons. The standard InChI is InChI=1S/C20H41NO3Si/c1-19(2,3)24-18(22)21-14-13-16-9-11-17(12-10-16)15-23-25(7,8)20(4,5)6/h16-17H,9-15H2,1-8H3,(H,21,22)/t16-,17-. The molecule has 1 fully saturated rings. The fourth-order valence-corrected chi connectivity index (χ4v) is 4.01. The highest BCUT2D eigenvalue weighted by Crippen LogP contribution is 2.38. The van der Waals surface area contributed by atoms with Crippen LogP contribution in [0.15, 0.2) is 0 Å². The first-order valence-corrected chi connectivity index (χ1v) is 12.8. The Hall–Kier alpha value is -0.553. The van der Waals surface area contributed by atoms with E-state index in [2.05, 4.69) is 39.2 Å². The maximum Gasteiger partial charge on any atom is 0.407 e. The first-order chi connectivity index (χ1) is 11.3. The molecular weight excluding hydrogens is 330 g/mol. The van der Waals surface area contributed by atoms with E-state index in [4.69, 9.17) is 9.16 Å². The molecule has 1 amide bonds. The summed E-state index contributed by atoms with van der Waals surface area (Å²) < 4.78 is 11.7. The Morgan fingerprint density at radius 2 is 1.52 bits per heavy atom. The summed E-state index contributed by atoms with van der Waals surface area (Å²) in [6.45, 7) is 18.9. The highest BCUT2D eigenvalue weighted by atomic mass is 28.4. The van der Waals surface area contributed by atoms with Crippen LogP contribution in [0.3, 0.4) is 0 Å². The molecule has 25 heavy (non-hydrogen) atoms. The molecule has 0 unspecified atom stereocenters. The largest absolute Gasteiger partial charge is 0.444 e. The third-order valence-corrected chi connectivity index (χ3v) is 10.2. The van der Waals surface area contributed by atoms with Gasteiger partial charge in [0.25, 0.3) is 0 Å². The van der Waals surface area contributed by atoms with Gasteiger partial charge in [-0.05, 0) is 70.0 Å². The quantitative estimate of drug-likeness (QED) is 0.607. The summed E-state index contributed by atoms with van der Waals surface area (Å²) in [5, 5.41) is 3.17. The molecule has 5 heteroatoms. The van der Waals surface area contributed by atoms with E-state index in [1.807, 2.05) is 20.8 Å². The Kier molecular flexibility index (Phi) is 8.00. The van der Waals surface area contributed by atoms with Gasteiger partial charge in [-0.2, -0.15) is 0 Å². The SMILES string of the molecule is CC(C)(C)OC(=O)NCC[C@H]1CC[C@H](CO[Si](C)(C)C(C)(C)C)CC1. The third kappa shape index (κ3) is 8.58. The monoisotopic (exact) mass is 371 g/mol. The summed E-state index contributed by atoms with van der Waals surface area (Å²) >= 11 is 0. The van der Waals surface area contributed by atoms with Gasteiger partial charge in [0.05, 0.1) is 0 Å². The number of alkyl carbamates (subject to hydrolysis) is 1. The van der Waals surface area contributed by atoms with E-state index in [1.54, 1.807) is 0 Å². The number of amides is 1. The Bertz CT molecular complexity index is 416. The molecule has 0 aliphatic heterocycles. The Balaban J connectivity index is 2.21. The van der Waals surface area contributed by atoms with Crippen LogP contribution in [-0.2, 0) is 9.16 Å². The minimum Gasteiger partial charge on any atom is -0.444 e. The predicted octanol–water partition coefficient (Wildman–Crippen LogP) is 5.73. The number of hydrogen-bond donors (Lipinski definition) is 1. The van der Waals surface area contributed by atoms with Gasteiger partial charge in [-0.25, -0.2) is 4.79 Å². The summed E-state index contributed by atoms with van der Waals surface area (Å²) in [4.78, 5) is 11.7. The van der Waals surface area contributed by atoms with Gasteiger partial charge in [-0.1, -0.05) is 33.6 Å². The molecule has 0 saturated heterocycles. The minimum atomic E-state index is -1.62. The molecule has 0 spiro atoms. The second kappa shape index (κ2) is 8.89. The molecular formula is C20H41NO3Si. The molecule has 0 aromatic carbocycles. The van der Waals surface area contributed by atoms with E-state index in [0.717, 1.165) is 18.9 Å². The number of carbonyl (C=O) groups excluding carboxylic acids is 1. The lowest BCUT2D eigenvalue weighted by Gasteiger charge is -2.38. The maximum atomic E-state index is 11.7. The van der Waals surface area contributed by atoms with Crippen LogP contribution in [0.5, 0.6) is 0 Å². The van der Waals surface area contributed by atoms with Crippen molar-refractivity contribution in [2.75, 3.05) is 13.2 Å². The molecule has 1 aliphatic carbocycles. The average Bonchev–Trinajstić information content (AvgIpc) is 2.43. The van der Waals surface area contributed by atoms with Crippen molar-refractivity contribution in [1.82, 2.24) is 5.32 Å². The van der Waals surface area contributed by atoms with Crippen molar-refractivity contribution in [3.63, 3.8) is 0 Å². The lowest BCUT2D eigenvalue weighted by Crippen LogP contribution is -2.42. The van der Waals surface area contributed by atoms with Gasteiger partial charge in [0.1, 0.15) is 5.60 Å². The molecule has 1 rings (SSSR count). The van der Waals surface area contributed by atoms with Gasteiger partial charge in [-0.3, -0.25) is 0 Å². The summed E-state index contributed by atoms with van der Waals surface area (Å²) in [7, 11) is -1.62. The van der Waals surface area contributed by atoms with Crippen LogP contribution < -0.4 is 5.32 Å². The van der Waals surface area contributed by atoms with E-state index < -0.39 is 13.9 Å². The number of rotatable bonds is 6. The zero-order valence-corrected chi connectivity index (χ0v) is 18.8. The Labute approximate surface area is 156 Å². The van der Waals surface area contributed by atoms with Gasteiger partial charge in [0, 0.05) is 13.2 Å². The second-order valence-corrected chi connectivity index (χ2v) is 15.0. The van der Waals surface area contributed by atoms with E-state index in [0.29, 0.717) is 12.5 Å². The van der Waals surface area contributed by atoms with Crippen LogP contribution >= 0.6 is 0 Å². The zero-order chi connectivity index (χ0) is 19.3. The second-order valence-electron chi connectivity index (χ2n) is 10.2. The highest BCUT2D eigenvalue weighted by Gasteiger charge is 2.37. The lowest BCUT2D eigenvalue weighted by molar-refractivity contribution is 0.0523. The molecule has 1 N–H and O–H groups in total. The first-order valence-electron chi connectivity index (χ1n) is 9.91. The number of nitrogens with one attached hydrogen (secondary N) is 1. The number of ether oxygens (including phenoxy) is 1. The maximum absolute atomic E-state index is 11.7. The normalized spacial score (nSPS) is 22.6. The van der Waals surface area contributed by atoms with Gasteiger partial charge >= 0.3 is 6.09 Å². The van der Waals surface area contributed by atoms with Crippen molar-refractivity contribution in [3.8, 4) is 0 Å². The predicted molar refractivity (Wildman–Crippen MR) is 107 cm³/mol. The van der Waals surface area contributed by atoms with Crippen molar-refractivity contribution < 1.29 is 14.0 Å². The summed E-state index contributed by atoms with van der Waals surface area (Å²) in [5.41, 5.74) is -0.424. The minimum absolute atomic E-state index is 0.289. The lowest BCUT2D eigenvalue weighted by atomic mass is 9.81. The topological polar surface area (TPSA) is 47.6 Å². The molecule has 0 heterocycles. The number of hydrogen-bond acceptors (Lipinski definition) is 3. The Morgan fingerprint density at radius 1 is 1.00 bits per heavy atom. The average molecular weight is 372 g/mol. The summed E-state index contributed by atoms with van der Waals surface area (Å²) in [6, 6.07) is 0. The fraction of sp³-hybridized carbons (Fsp3) is 0.950. The molecule has 0 aromatic rings. The third-order valence-electron chi connectivity index (χ3n) is 5.67. The van der Waals surface area contributed by atoms with Crippen molar-refractivity contribution in [3.05, 3.63) is 0 Å². The van der Waals surface area contributed by atoms with E-state index in [9.17, 15) is 4.79 Å². The smallest absolute Gasteiger partial charge is 0.407 e.